The van der Waals surface area contributed by atoms with Crippen LogP contribution >= 0.6 is 0 Å². The van der Waals surface area contributed by atoms with E-state index in [1.807, 2.05) is 24.3 Å². The first-order chi connectivity index (χ1) is 11.1. The Hall–Kier alpha value is -2.06. The van der Waals surface area contributed by atoms with Crippen LogP contribution in [0.2, 0.25) is 0 Å². The van der Waals surface area contributed by atoms with E-state index >= 15 is 0 Å². The van der Waals surface area contributed by atoms with Gasteiger partial charge in [0.1, 0.15) is 5.75 Å². The number of aromatic hydroxyl groups is 1. The average molecular weight is 309 g/mol. The van der Waals surface area contributed by atoms with E-state index in [-0.39, 0.29) is 5.92 Å². The minimum atomic E-state index is 0.120. The van der Waals surface area contributed by atoms with E-state index in [9.17, 15) is 5.11 Å². The van der Waals surface area contributed by atoms with Gasteiger partial charge in [0, 0.05) is 23.6 Å². The number of nitrogens with zero attached hydrogens (tertiary/aromatic N) is 1. The van der Waals surface area contributed by atoms with Crippen LogP contribution in [0.3, 0.4) is 0 Å². The second-order valence-corrected chi connectivity index (χ2v) is 5.92. The predicted octanol–water partition coefficient (Wildman–Crippen LogP) is 5.19. The normalized spacial score (nSPS) is 12.3. The Balaban J connectivity index is 2.54. The molecule has 0 bridgehead atoms. The number of benzene rings is 2. The third kappa shape index (κ3) is 4.02. The molecule has 2 aromatic carbocycles. The van der Waals surface area contributed by atoms with Crippen molar-refractivity contribution < 1.29 is 5.11 Å². The van der Waals surface area contributed by atoms with E-state index in [0.29, 0.717) is 5.75 Å². The average Bonchev–Trinajstić information content (AvgIpc) is 2.60. The highest BCUT2D eigenvalue weighted by Crippen LogP contribution is 2.35. The molecule has 0 fully saturated rings. The maximum Gasteiger partial charge on any atom is 0.123 e. The van der Waals surface area contributed by atoms with Gasteiger partial charge in [-0.15, -0.1) is 6.58 Å². The zero-order chi connectivity index (χ0) is 16.8. The molecule has 0 aromatic heterocycles. The number of hydrogen-bond donors (Lipinski definition) is 1. The highest BCUT2D eigenvalue weighted by Gasteiger charge is 2.16. The molecule has 1 atom stereocenters. The van der Waals surface area contributed by atoms with Gasteiger partial charge in [-0.25, -0.2) is 0 Å². The van der Waals surface area contributed by atoms with Crippen molar-refractivity contribution in [1.29, 1.82) is 0 Å². The fourth-order valence-electron chi connectivity index (χ4n) is 2.80. The SMILES string of the molecule is C=CC(C)c1cc(-c2ccccc2)cc(CN(CC)CC)c1O. The van der Waals surface area contributed by atoms with Crippen molar-refractivity contribution in [3.05, 3.63) is 66.2 Å². The highest BCUT2D eigenvalue weighted by atomic mass is 16.3. The monoisotopic (exact) mass is 309 g/mol. The molecule has 122 valence electrons. The minimum Gasteiger partial charge on any atom is -0.507 e. The molecule has 0 saturated heterocycles. The van der Waals surface area contributed by atoms with Crippen molar-refractivity contribution in [1.82, 2.24) is 4.90 Å². The first-order valence-corrected chi connectivity index (χ1v) is 8.36. The molecule has 2 rings (SSSR count). The standard InChI is InChI=1S/C21H27NO/c1-5-16(4)20-14-18(17-11-9-8-10-12-17)13-19(21(20)23)15-22(6-2)7-3/h5,8-14,16,23H,1,6-7,15H2,2-4H3. The van der Waals surface area contributed by atoms with Crippen LogP contribution in [0.1, 0.15) is 37.8 Å². The van der Waals surface area contributed by atoms with E-state index in [4.69, 9.17) is 0 Å². The summed E-state index contributed by atoms with van der Waals surface area (Å²) >= 11 is 0. The molecule has 2 heteroatoms. The predicted molar refractivity (Wildman–Crippen MR) is 98.8 cm³/mol. The topological polar surface area (TPSA) is 23.5 Å². The summed E-state index contributed by atoms with van der Waals surface area (Å²) in [6.07, 6.45) is 1.88. The van der Waals surface area contributed by atoms with Crippen molar-refractivity contribution in [3.63, 3.8) is 0 Å². The number of allylic oxidation sites excluding steroid dienone is 1. The Morgan fingerprint density at radius 3 is 2.30 bits per heavy atom. The van der Waals surface area contributed by atoms with Crippen molar-refractivity contribution in [3.8, 4) is 16.9 Å². The molecular formula is C21H27NO. The van der Waals surface area contributed by atoms with E-state index in [1.165, 1.54) is 5.56 Å². The van der Waals surface area contributed by atoms with Crippen molar-refractivity contribution in [2.24, 2.45) is 0 Å². The van der Waals surface area contributed by atoms with Crippen LogP contribution in [-0.2, 0) is 6.54 Å². The molecule has 0 amide bonds. The zero-order valence-electron chi connectivity index (χ0n) is 14.4. The van der Waals surface area contributed by atoms with Crippen LogP contribution < -0.4 is 0 Å². The van der Waals surface area contributed by atoms with Crippen LogP contribution in [0.5, 0.6) is 5.75 Å². The molecule has 0 saturated carbocycles. The lowest BCUT2D eigenvalue weighted by Gasteiger charge is -2.22. The van der Waals surface area contributed by atoms with Gasteiger partial charge >= 0.3 is 0 Å². The molecule has 0 radical (unpaired) electrons. The van der Waals surface area contributed by atoms with Crippen LogP contribution in [0.4, 0.5) is 0 Å². The maximum atomic E-state index is 10.7. The summed E-state index contributed by atoms with van der Waals surface area (Å²) in [5.74, 6) is 0.526. The Bertz CT molecular complexity index is 644. The molecule has 1 N–H and O–H groups in total. The first-order valence-electron chi connectivity index (χ1n) is 8.36. The highest BCUT2D eigenvalue weighted by molar-refractivity contribution is 5.68. The van der Waals surface area contributed by atoms with Crippen molar-refractivity contribution in [2.75, 3.05) is 13.1 Å². The largest absolute Gasteiger partial charge is 0.507 e. The summed E-state index contributed by atoms with van der Waals surface area (Å²) in [4.78, 5) is 2.31. The summed E-state index contributed by atoms with van der Waals surface area (Å²) in [6, 6.07) is 14.5. The fourth-order valence-corrected chi connectivity index (χ4v) is 2.80. The van der Waals surface area contributed by atoms with E-state index in [0.717, 1.165) is 36.3 Å². The minimum absolute atomic E-state index is 0.120. The molecule has 23 heavy (non-hydrogen) atoms. The van der Waals surface area contributed by atoms with E-state index < -0.39 is 0 Å². The van der Waals surface area contributed by atoms with Crippen LogP contribution in [0, 0.1) is 0 Å². The number of phenols is 1. The van der Waals surface area contributed by atoms with E-state index in [2.05, 4.69) is 56.5 Å². The lowest BCUT2D eigenvalue weighted by Crippen LogP contribution is -2.22. The Morgan fingerprint density at radius 1 is 1.09 bits per heavy atom. The molecule has 0 spiro atoms. The zero-order valence-corrected chi connectivity index (χ0v) is 14.4. The van der Waals surface area contributed by atoms with Gasteiger partial charge in [-0.1, -0.05) is 57.2 Å². The number of phenolic OH excluding ortho intramolecular Hbond substituents is 1. The fraction of sp³-hybridized carbons (Fsp3) is 0.333. The Kier molecular flexibility index (Phi) is 6.00. The molecule has 0 aliphatic heterocycles. The Labute approximate surface area is 140 Å². The molecule has 2 nitrogen and oxygen atoms in total. The van der Waals surface area contributed by atoms with Gasteiger partial charge < -0.3 is 5.11 Å². The molecule has 2 aromatic rings. The maximum absolute atomic E-state index is 10.7. The van der Waals surface area contributed by atoms with Gasteiger partial charge in [-0.2, -0.15) is 0 Å². The molecule has 0 aliphatic rings. The second kappa shape index (κ2) is 7.98. The van der Waals surface area contributed by atoms with Crippen molar-refractivity contribution in [2.45, 2.75) is 33.2 Å². The van der Waals surface area contributed by atoms with Crippen LogP contribution in [0.25, 0.3) is 11.1 Å². The second-order valence-electron chi connectivity index (χ2n) is 5.92. The van der Waals surface area contributed by atoms with Gasteiger partial charge in [0.2, 0.25) is 0 Å². The first kappa shape index (κ1) is 17.3. The lowest BCUT2D eigenvalue weighted by atomic mass is 9.92. The summed E-state index contributed by atoms with van der Waals surface area (Å²) < 4.78 is 0. The van der Waals surface area contributed by atoms with Crippen LogP contribution in [-0.4, -0.2) is 23.1 Å². The van der Waals surface area contributed by atoms with Gasteiger partial charge in [-0.3, -0.25) is 4.90 Å². The number of rotatable bonds is 7. The summed E-state index contributed by atoms with van der Waals surface area (Å²) in [6.45, 7) is 12.9. The molecule has 1 unspecified atom stereocenters. The third-order valence-electron chi connectivity index (χ3n) is 4.46. The summed E-state index contributed by atoms with van der Waals surface area (Å²) in [5.41, 5.74) is 4.25. The van der Waals surface area contributed by atoms with E-state index in [1.54, 1.807) is 0 Å². The summed E-state index contributed by atoms with van der Waals surface area (Å²) in [7, 11) is 0. The van der Waals surface area contributed by atoms with Gasteiger partial charge in [0.25, 0.3) is 0 Å². The number of hydrogen-bond acceptors (Lipinski definition) is 2. The smallest absolute Gasteiger partial charge is 0.123 e. The Morgan fingerprint density at radius 2 is 1.74 bits per heavy atom. The quantitative estimate of drug-likeness (QED) is 0.711. The third-order valence-corrected chi connectivity index (χ3v) is 4.46. The van der Waals surface area contributed by atoms with Gasteiger partial charge in [0.15, 0.2) is 0 Å². The van der Waals surface area contributed by atoms with Crippen molar-refractivity contribution >= 4 is 0 Å². The van der Waals surface area contributed by atoms with Crippen LogP contribution in [0.15, 0.2) is 55.1 Å². The molecule has 0 heterocycles. The van der Waals surface area contributed by atoms with Gasteiger partial charge in [0.05, 0.1) is 0 Å². The summed E-state index contributed by atoms with van der Waals surface area (Å²) in [5, 5.41) is 10.7. The molecule has 0 aliphatic carbocycles. The van der Waals surface area contributed by atoms with Gasteiger partial charge in [-0.05, 0) is 36.3 Å². The molecular weight excluding hydrogens is 282 g/mol. The lowest BCUT2D eigenvalue weighted by molar-refractivity contribution is 0.290.